The van der Waals surface area contributed by atoms with Crippen molar-refractivity contribution in [2.24, 2.45) is 0 Å². The van der Waals surface area contributed by atoms with Gasteiger partial charge >= 0.3 is 6.09 Å². The first-order valence-corrected chi connectivity index (χ1v) is 3.41. The third-order valence-electron chi connectivity index (χ3n) is 1.54. The van der Waals surface area contributed by atoms with Crippen molar-refractivity contribution in [2.75, 3.05) is 13.7 Å². The summed E-state index contributed by atoms with van der Waals surface area (Å²) in [6, 6.07) is 0. The highest BCUT2D eigenvalue weighted by atomic mass is 16.5. The number of rotatable bonds is 1. The predicted octanol–water partition coefficient (Wildman–Crippen LogP) is 0.0519. The SMILES string of the molecule is COC(=O)N[C@H]1CCCN1. The summed E-state index contributed by atoms with van der Waals surface area (Å²) >= 11 is 0. The molecule has 2 N–H and O–H groups in total. The minimum absolute atomic E-state index is 0.118. The minimum Gasteiger partial charge on any atom is -0.453 e. The molecule has 1 saturated heterocycles. The zero-order valence-corrected chi connectivity index (χ0v) is 6.02. The Balaban J connectivity index is 2.17. The molecular weight excluding hydrogens is 132 g/mol. The quantitative estimate of drug-likeness (QED) is 0.546. The van der Waals surface area contributed by atoms with Crippen LogP contribution in [0.5, 0.6) is 0 Å². The molecule has 0 aromatic carbocycles. The van der Waals surface area contributed by atoms with E-state index in [2.05, 4.69) is 15.4 Å². The molecule has 1 aliphatic rings. The van der Waals surface area contributed by atoms with Gasteiger partial charge in [-0.25, -0.2) is 4.79 Å². The molecule has 0 saturated carbocycles. The Morgan fingerprint density at radius 1 is 1.80 bits per heavy atom. The van der Waals surface area contributed by atoms with Crippen LogP contribution in [-0.2, 0) is 4.74 Å². The fourth-order valence-electron chi connectivity index (χ4n) is 1.01. The summed E-state index contributed by atoms with van der Waals surface area (Å²) in [5.41, 5.74) is 0. The normalized spacial score (nSPS) is 24.3. The second kappa shape index (κ2) is 3.41. The van der Waals surface area contributed by atoms with Gasteiger partial charge in [0.05, 0.1) is 13.3 Å². The van der Waals surface area contributed by atoms with Crippen LogP contribution in [-0.4, -0.2) is 25.9 Å². The monoisotopic (exact) mass is 144 g/mol. The van der Waals surface area contributed by atoms with E-state index in [1.165, 1.54) is 7.11 Å². The Kier molecular flexibility index (Phi) is 2.50. The maximum Gasteiger partial charge on any atom is 0.408 e. The van der Waals surface area contributed by atoms with E-state index in [4.69, 9.17) is 0 Å². The molecule has 0 unspecified atom stereocenters. The van der Waals surface area contributed by atoms with Crippen LogP contribution in [0.4, 0.5) is 4.79 Å². The number of methoxy groups -OCH3 is 1. The largest absolute Gasteiger partial charge is 0.453 e. The molecule has 0 spiro atoms. The van der Waals surface area contributed by atoms with Crippen molar-refractivity contribution in [1.82, 2.24) is 10.6 Å². The summed E-state index contributed by atoms with van der Waals surface area (Å²) in [5.74, 6) is 0. The molecule has 1 heterocycles. The summed E-state index contributed by atoms with van der Waals surface area (Å²) in [6.07, 6.45) is 1.87. The first kappa shape index (κ1) is 7.34. The highest BCUT2D eigenvalue weighted by molar-refractivity contribution is 5.67. The van der Waals surface area contributed by atoms with Gasteiger partial charge in [-0.3, -0.25) is 5.32 Å². The number of hydrogen-bond acceptors (Lipinski definition) is 3. The number of alkyl carbamates (subject to hydrolysis) is 1. The van der Waals surface area contributed by atoms with Crippen LogP contribution in [0.1, 0.15) is 12.8 Å². The number of hydrogen-bond donors (Lipinski definition) is 2. The zero-order chi connectivity index (χ0) is 7.40. The van der Waals surface area contributed by atoms with E-state index in [9.17, 15) is 4.79 Å². The van der Waals surface area contributed by atoms with Gasteiger partial charge in [0.2, 0.25) is 0 Å². The van der Waals surface area contributed by atoms with E-state index in [0.29, 0.717) is 0 Å². The average molecular weight is 144 g/mol. The highest BCUT2D eigenvalue weighted by Crippen LogP contribution is 2.00. The Morgan fingerprint density at radius 2 is 2.60 bits per heavy atom. The molecule has 58 valence electrons. The molecule has 0 bridgehead atoms. The molecule has 1 amide bonds. The maximum atomic E-state index is 10.6. The Morgan fingerprint density at radius 3 is 3.10 bits per heavy atom. The van der Waals surface area contributed by atoms with Gasteiger partial charge in [-0.2, -0.15) is 0 Å². The molecule has 10 heavy (non-hydrogen) atoms. The van der Waals surface area contributed by atoms with E-state index in [0.717, 1.165) is 19.4 Å². The summed E-state index contributed by atoms with van der Waals surface area (Å²) in [6.45, 7) is 0.981. The molecule has 0 aromatic heterocycles. The van der Waals surface area contributed by atoms with Gasteiger partial charge in [0.15, 0.2) is 0 Å². The van der Waals surface area contributed by atoms with Crippen molar-refractivity contribution in [3.63, 3.8) is 0 Å². The average Bonchev–Trinajstić information content (AvgIpc) is 2.40. The van der Waals surface area contributed by atoms with Crippen LogP contribution in [0.3, 0.4) is 0 Å². The molecule has 1 rings (SSSR count). The van der Waals surface area contributed by atoms with Crippen LogP contribution in [0.15, 0.2) is 0 Å². The van der Waals surface area contributed by atoms with Crippen molar-refractivity contribution < 1.29 is 9.53 Å². The summed E-state index contributed by atoms with van der Waals surface area (Å²) < 4.78 is 4.42. The zero-order valence-electron chi connectivity index (χ0n) is 6.02. The molecule has 0 aromatic rings. The molecule has 4 nitrogen and oxygen atoms in total. The highest BCUT2D eigenvalue weighted by Gasteiger charge is 2.15. The predicted molar refractivity (Wildman–Crippen MR) is 36.6 cm³/mol. The second-order valence-electron chi connectivity index (χ2n) is 2.28. The van der Waals surface area contributed by atoms with E-state index in [1.54, 1.807) is 0 Å². The van der Waals surface area contributed by atoms with Crippen molar-refractivity contribution in [1.29, 1.82) is 0 Å². The van der Waals surface area contributed by atoms with Crippen LogP contribution < -0.4 is 10.6 Å². The van der Waals surface area contributed by atoms with Crippen molar-refractivity contribution in [3.05, 3.63) is 0 Å². The van der Waals surface area contributed by atoms with Gasteiger partial charge < -0.3 is 10.1 Å². The van der Waals surface area contributed by atoms with Gasteiger partial charge in [0, 0.05) is 0 Å². The Labute approximate surface area is 59.9 Å². The smallest absolute Gasteiger partial charge is 0.408 e. The number of nitrogens with one attached hydrogen (secondary N) is 2. The molecule has 0 aliphatic carbocycles. The van der Waals surface area contributed by atoms with E-state index >= 15 is 0 Å². The fraction of sp³-hybridized carbons (Fsp3) is 0.833. The molecule has 0 radical (unpaired) electrons. The minimum atomic E-state index is -0.362. The Hall–Kier alpha value is -0.770. The number of amides is 1. The van der Waals surface area contributed by atoms with Crippen LogP contribution in [0.25, 0.3) is 0 Å². The molecule has 1 fully saturated rings. The van der Waals surface area contributed by atoms with Crippen molar-refractivity contribution >= 4 is 6.09 Å². The number of carbonyl (C=O) groups is 1. The van der Waals surface area contributed by atoms with Crippen molar-refractivity contribution in [2.45, 2.75) is 19.0 Å². The third-order valence-corrected chi connectivity index (χ3v) is 1.54. The number of carbonyl (C=O) groups excluding carboxylic acids is 1. The van der Waals surface area contributed by atoms with E-state index in [1.807, 2.05) is 0 Å². The van der Waals surface area contributed by atoms with Gasteiger partial charge in [0.25, 0.3) is 0 Å². The van der Waals surface area contributed by atoms with Gasteiger partial charge in [-0.15, -0.1) is 0 Å². The van der Waals surface area contributed by atoms with E-state index in [-0.39, 0.29) is 12.3 Å². The first-order chi connectivity index (χ1) is 4.83. The van der Waals surface area contributed by atoms with Crippen molar-refractivity contribution in [3.8, 4) is 0 Å². The summed E-state index contributed by atoms with van der Waals surface area (Å²) in [7, 11) is 1.37. The lowest BCUT2D eigenvalue weighted by Crippen LogP contribution is -2.41. The maximum absolute atomic E-state index is 10.6. The lowest BCUT2D eigenvalue weighted by molar-refractivity contribution is 0.165. The molecule has 1 aliphatic heterocycles. The molecule has 1 atom stereocenters. The van der Waals surface area contributed by atoms with Crippen LogP contribution in [0.2, 0.25) is 0 Å². The standard InChI is InChI=1S/C6H12N2O2/c1-10-6(9)8-5-3-2-4-7-5/h5,7H,2-4H2,1H3,(H,8,9)/t5-/m0/s1. The lowest BCUT2D eigenvalue weighted by Gasteiger charge is -2.10. The number of ether oxygens (including phenoxy) is 1. The molecular formula is C6H12N2O2. The Bertz CT molecular complexity index is 121. The first-order valence-electron chi connectivity index (χ1n) is 3.41. The lowest BCUT2D eigenvalue weighted by atomic mass is 10.3. The third kappa shape index (κ3) is 1.88. The summed E-state index contributed by atoms with van der Waals surface area (Å²) in [5, 5.41) is 5.77. The van der Waals surface area contributed by atoms with E-state index < -0.39 is 0 Å². The summed E-state index contributed by atoms with van der Waals surface area (Å²) in [4.78, 5) is 10.6. The molecule has 4 heteroatoms. The van der Waals surface area contributed by atoms with Gasteiger partial charge in [-0.05, 0) is 19.4 Å². The van der Waals surface area contributed by atoms with Gasteiger partial charge in [-0.1, -0.05) is 0 Å². The topological polar surface area (TPSA) is 50.4 Å². The second-order valence-corrected chi connectivity index (χ2v) is 2.28. The van der Waals surface area contributed by atoms with Crippen LogP contribution >= 0.6 is 0 Å². The van der Waals surface area contributed by atoms with Gasteiger partial charge in [0.1, 0.15) is 0 Å². The fourth-order valence-corrected chi connectivity index (χ4v) is 1.01. The van der Waals surface area contributed by atoms with Crippen LogP contribution in [0, 0.1) is 0 Å².